The van der Waals surface area contributed by atoms with Crippen molar-refractivity contribution in [3.05, 3.63) is 0 Å². The van der Waals surface area contributed by atoms with Crippen LogP contribution >= 0.6 is 0 Å². The zero-order chi connectivity index (χ0) is 11.7. The molecule has 15 heavy (non-hydrogen) atoms. The van der Waals surface area contributed by atoms with Crippen molar-refractivity contribution in [3.8, 4) is 0 Å². The molecular weight excluding hydrogens is 200 g/mol. The van der Waals surface area contributed by atoms with Gasteiger partial charge in [0.25, 0.3) is 0 Å². The average molecular weight is 218 g/mol. The third kappa shape index (κ3) is 7.93. The van der Waals surface area contributed by atoms with Crippen LogP contribution in [0.15, 0.2) is 0 Å². The van der Waals surface area contributed by atoms with Crippen LogP contribution in [0.25, 0.3) is 0 Å². The lowest BCUT2D eigenvalue weighted by atomic mass is 10.00. The van der Waals surface area contributed by atoms with Gasteiger partial charge in [-0.3, -0.25) is 9.59 Å². The molecule has 0 radical (unpaired) electrons. The zero-order valence-electron chi connectivity index (χ0n) is 8.94. The van der Waals surface area contributed by atoms with Crippen molar-refractivity contribution in [1.29, 1.82) is 0 Å². The first-order valence-corrected chi connectivity index (χ1v) is 5.10. The van der Waals surface area contributed by atoms with Gasteiger partial charge in [0.05, 0.1) is 12.3 Å². The number of carboxylic acid groups (broad SMARTS) is 2. The number of hydrogen-bond acceptors (Lipinski definition) is 3. The van der Waals surface area contributed by atoms with Gasteiger partial charge in [0.15, 0.2) is 0 Å². The summed E-state index contributed by atoms with van der Waals surface area (Å²) >= 11 is 0. The normalized spacial score (nSPS) is 12.3. The molecule has 0 aromatic heterocycles. The van der Waals surface area contributed by atoms with E-state index in [-0.39, 0.29) is 6.42 Å². The summed E-state index contributed by atoms with van der Waals surface area (Å²) in [7, 11) is 0. The molecule has 0 amide bonds. The first-order valence-electron chi connectivity index (χ1n) is 5.10. The van der Waals surface area contributed by atoms with Gasteiger partial charge in [-0.05, 0) is 19.3 Å². The molecule has 0 bridgehead atoms. The van der Waals surface area contributed by atoms with Gasteiger partial charge in [0.1, 0.15) is 0 Å². The predicted octanol–water partition coefficient (Wildman–Crippen LogP) is 1.37. The summed E-state index contributed by atoms with van der Waals surface area (Å²) < 4.78 is 5.18. The van der Waals surface area contributed by atoms with Crippen LogP contribution in [0.5, 0.6) is 0 Å². The Labute approximate surface area is 89.0 Å². The van der Waals surface area contributed by atoms with Gasteiger partial charge in [-0.2, -0.15) is 0 Å². The Hall–Kier alpha value is -1.10. The van der Waals surface area contributed by atoms with Crippen LogP contribution in [0.4, 0.5) is 0 Å². The molecule has 0 aromatic carbocycles. The fourth-order valence-corrected chi connectivity index (χ4v) is 1.20. The summed E-state index contributed by atoms with van der Waals surface area (Å²) in [6, 6.07) is 0. The van der Waals surface area contributed by atoms with Crippen LogP contribution in [0.1, 0.15) is 32.6 Å². The Morgan fingerprint density at radius 3 is 2.40 bits per heavy atom. The van der Waals surface area contributed by atoms with E-state index < -0.39 is 17.9 Å². The molecule has 0 spiro atoms. The van der Waals surface area contributed by atoms with E-state index in [4.69, 9.17) is 14.9 Å². The van der Waals surface area contributed by atoms with E-state index in [2.05, 4.69) is 0 Å². The summed E-state index contributed by atoms with van der Waals surface area (Å²) in [6.45, 7) is 3.15. The molecule has 0 saturated heterocycles. The quantitative estimate of drug-likeness (QED) is 0.571. The van der Waals surface area contributed by atoms with Crippen LogP contribution in [0.3, 0.4) is 0 Å². The van der Waals surface area contributed by atoms with E-state index in [1.807, 2.05) is 6.92 Å². The maximum atomic E-state index is 10.7. The highest BCUT2D eigenvalue weighted by molar-refractivity contribution is 5.77. The van der Waals surface area contributed by atoms with Gasteiger partial charge in [-0.15, -0.1) is 0 Å². The highest BCUT2D eigenvalue weighted by Gasteiger charge is 2.20. The van der Waals surface area contributed by atoms with Crippen molar-refractivity contribution in [1.82, 2.24) is 0 Å². The molecule has 5 heteroatoms. The summed E-state index contributed by atoms with van der Waals surface area (Å²) in [5.41, 5.74) is 0. The molecule has 2 N–H and O–H groups in total. The molecule has 88 valence electrons. The molecule has 0 aliphatic carbocycles. The molecule has 5 nitrogen and oxygen atoms in total. The Morgan fingerprint density at radius 2 is 1.93 bits per heavy atom. The third-order valence-electron chi connectivity index (χ3n) is 1.96. The number of carbonyl (C=O) groups is 2. The van der Waals surface area contributed by atoms with Gasteiger partial charge < -0.3 is 14.9 Å². The van der Waals surface area contributed by atoms with Crippen LogP contribution in [0.2, 0.25) is 0 Å². The Kier molecular flexibility index (Phi) is 7.62. The molecule has 1 atom stereocenters. The standard InChI is InChI=1S/C10H18O5/c1-2-5-15-6-3-4-8(10(13)14)7-9(11)12/h8H,2-7H2,1H3,(H,11,12)(H,13,14). The Morgan fingerprint density at radius 1 is 1.27 bits per heavy atom. The highest BCUT2D eigenvalue weighted by Crippen LogP contribution is 2.11. The molecule has 0 aliphatic heterocycles. The zero-order valence-corrected chi connectivity index (χ0v) is 8.94. The predicted molar refractivity (Wildman–Crippen MR) is 53.7 cm³/mol. The smallest absolute Gasteiger partial charge is 0.307 e. The lowest BCUT2D eigenvalue weighted by Gasteiger charge is -2.09. The molecule has 0 saturated carbocycles. The van der Waals surface area contributed by atoms with E-state index >= 15 is 0 Å². The van der Waals surface area contributed by atoms with E-state index in [9.17, 15) is 9.59 Å². The number of aliphatic carboxylic acids is 2. The summed E-state index contributed by atoms with van der Waals surface area (Å²) in [5.74, 6) is -2.92. The van der Waals surface area contributed by atoms with Crippen LogP contribution in [-0.4, -0.2) is 35.4 Å². The highest BCUT2D eigenvalue weighted by atomic mass is 16.5. The van der Waals surface area contributed by atoms with Gasteiger partial charge in [-0.1, -0.05) is 6.92 Å². The number of hydrogen-bond donors (Lipinski definition) is 2. The summed E-state index contributed by atoms with van der Waals surface area (Å²) in [5, 5.41) is 17.2. The molecule has 0 heterocycles. The van der Waals surface area contributed by atoms with Gasteiger partial charge in [0.2, 0.25) is 0 Å². The monoisotopic (exact) mass is 218 g/mol. The van der Waals surface area contributed by atoms with E-state index in [0.717, 1.165) is 6.42 Å². The largest absolute Gasteiger partial charge is 0.481 e. The van der Waals surface area contributed by atoms with E-state index in [0.29, 0.717) is 26.1 Å². The minimum Gasteiger partial charge on any atom is -0.481 e. The lowest BCUT2D eigenvalue weighted by molar-refractivity contribution is -0.148. The van der Waals surface area contributed by atoms with Gasteiger partial charge >= 0.3 is 11.9 Å². The first-order chi connectivity index (χ1) is 7.07. The molecule has 0 rings (SSSR count). The Bertz CT molecular complexity index is 202. The fourth-order valence-electron chi connectivity index (χ4n) is 1.20. The molecule has 0 aromatic rings. The van der Waals surface area contributed by atoms with Gasteiger partial charge in [0, 0.05) is 13.2 Å². The van der Waals surface area contributed by atoms with E-state index in [1.54, 1.807) is 0 Å². The van der Waals surface area contributed by atoms with Crippen molar-refractivity contribution in [2.75, 3.05) is 13.2 Å². The number of ether oxygens (including phenoxy) is 1. The number of rotatable bonds is 9. The number of carboxylic acids is 2. The average Bonchev–Trinajstić information content (AvgIpc) is 2.15. The summed E-state index contributed by atoms with van der Waals surface area (Å²) in [6.07, 6.45) is 1.55. The van der Waals surface area contributed by atoms with Crippen molar-refractivity contribution >= 4 is 11.9 Å². The van der Waals surface area contributed by atoms with Gasteiger partial charge in [-0.25, -0.2) is 0 Å². The third-order valence-corrected chi connectivity index (χ3v) is 1.96. The molecule has 0 fully saturated rings. The minimum atomic E-state index is -1.07. The van der Waals surface area contributed by atoms with Crippen LogP contribution in [0, 0.1) is 5.92 Å². The maximum Gasteiger partial charge on any atom is 0.307 e. The van der Waals surface area contributed by atoms with Crippen molar-refractivity contribution in [3.63, 3.8) is 0 Å². The molecular formula is C10H18O5. The maximum absolute atomic E-state index is 10.7. The van der Waals surface area contributed by atoms with Crippen molar-refractivity contribution in [2.45, 2.75) is 32.6 Å². The van der Waals surface area contributed by atoms with Crippen molar-refractivity contribution in [2.24, 2.45) is 5.92 Å². The minimum absolute atomic E-state index is 0.316. The van der Waals surface area contributed by atoms with Crippen LogP contribution < -0.4 is 0 Å². The molecule has 1 unspecified atom stereocenters. The lowest BCUT2D eigenvalue weighted by Crippen LogP contribution is -2.18. The van der Waals surface area contributed by atoms with E-state index in [1.165, 1.54) is 0 Å². The van der Waals surface area contributed by atoms with Crippen molar-refractivity contribution < 1.29 is 24.5 Å². The van der Waals surface area contributed by atoms with Crippen LogP contribution in [-0.2, 0) is 14.3 Å². The first kappa shape index (κ1) is 13.9. The Balaban J connectivity index is 3.67. The fraction of sp³-hybridized carbons (Fsp3) is 0.800. The molecule has 0 aliphatic rings. The second kappa shape index (κ2) is 8.23. The topological polar surface area (TPSA) is 83.8 Å². The SMILES string of the molecule is CCCOCCCC(CC(=O)O)C(=O)O. The second-order valence-corrected chi connectivity index (χ2v) is 3.39. The summed E-state index contributed by atoms with van der Waals surface area (Å²) in [4.78, 5) is 21.0. The second-order valence-electron chi connectivity index (χ2n) is 3.39.